The van der Waals surface area contributed by atoms with Crippen LogP contribution in [0.1, 0.15) is 12.5 Å². The number of allylic oxidation sites excluding steroid dienone is 1. The normalized spacial score (nSPS) is 17.0. The van der Waals surface area contributed by atoms with Crippen molar-refractivity contribution < 1.29 is 19.1 Å². The smallest absolute Gasteiger partial charge is 0.334 e. The van der Waals surface area contributed by atoms with Crippen LogP contribution in [-0.4, -0.2) is 18.9 Å². The van der Waals surface area contributed by atoms with Gasteiger partial charge in [-0.2, -0.15) is 0 Å². The van der Waals surface area contributed by atoms with E-state index in [1.807, 2.05) is 30.3 Å². The summed E-state index contributed by atoms with van der Waals surface area (Å²) in [5, 5.41) is 0. The Morgan fingerprint density at radius 1 is 1.28 bits per heavy atom. The van der Waals surface area contributed by atoms with Crippen LogP contribution in [0.3, 0.4) is 0 Å². The van der Waals surface area contributed by atoms with E-state index in [1.54, 1.807) is 6.92 Å². The quantitative estimate of drug-likeness (QED) is 0.590. The van der Waals surface area contributed by atoms with Gasteiger partial charge in [0.2, 0.25) is 5.78 Å². The van der Waals surface area contributed by atoms with Crippen LogP contribution in [0.5, 0.6) is 0 Å². The van der Waals surface area contributed by atoms with Gasteiger partial charge in [-0.25, -0.2) is 4.79 Å². The minimum absolute atomic E-state index is 0.00166. The summed E-state index contributed by atoms with van der Waals surface area (Å²) in [4.78, 5) is 23.0. The van der Waals surface area contributed by atoms with Crippen molar-refractivity contribution in [3.05, 3.63) is 53.3 Å². The van der Waals surface area contributed by atoms with Gasteiger partial charge in [-0.15, -0.1) is 0 Å². The maximum Gasteiger partial charge on any atom is 0.334 e. The number of methoxy groups -OCH3 is 1. The molecule has 1 aromatic carbocycles. The zero-order valence-electron chi connectivity index (χ0n) is 10.1. The van der Waals surface area contributed by atoms with Crippen LogP contribution in [0, 0.1) is 0 Å². The topological polar surface area (TPSA) is 52.6 Å². The van der Waals surface area contributed by atoms with E-state index in [-0.39, 0.29) is 11.5 Å². The summed E-state index contributed by atoms with van der Waals surface area (Å²) in [5.74, 6) is -0.423. The summed E-state index contributed by atoms with van der Waals surface area (Å²) in [7, 11) is 1.25. The number of benzene rings is 1. The summed E-state index contributed by atoms with van der Waals surface area (Å²) in [6.07, 6.45) is 1.06. The van der Waals surface area contributed by atoms with E-state index in [2.05, 4.69) is 4.74 Å². The zero-order chi connectivity index (χ0) is 13.1. The molecule has 0 aliphatic carbocycles. The molecule has 18 heavy (non-hydrogen) atoms. The second-order valence-corrected chi connectivity index (χ2v) is 3.78. The van der Waals surface area contributed by atoms with Gasteiger partial charge in [0, 0.05) is 11.1 Å². The molecule has 0 atom stereocenters. The third kappa shape index (κ3) is 2.18. The molecule has 1 aliphatic heterocycles. The monoisotopic (exact) mass is 244 g/mol. The molecule has 0 saturated carbocycles. The van der Waals surface area contributed by atoms with E-state index in [9.17, 15) is 9.59 Å². The molecule has 0 saturated heterocycles. The summed E-state index contributed by atoms with van der Waals surface area (Å²) < 4.78 is 9.91. The van der Waals surface area contributed by atoms with Crippen LogP contribution < -0.4 is 0 Å². The highest BCUT2D eigenvalue weighted by atomic mass is 16.5. The standard InChI is InChI=1S/C14H12O4/c1-9-13(16)11(8-12(15)17-2)18-14(9)10-6-4-3-5-7-10/h3-8H,1-2H3/b11-8+. The predicted molar refractivity (Wildman–Crippen MR) is 65.2 cm³/mol. The van der Waals surface area contributed by atoms with Crippen LogP contribution in [0.2, 0.25) is 0 Å². The van der Waals surface area contributed by atoms with E-state index >= 15 is 0 Å². The Morgan fingerprint density at radius 3 is 2.56 bits per heavy atom. The first kappa shape index (κ1) is 12.1. The minimum atomic E-state index is -0.611. The number of ketones is 1. The third-order valence-electron chi connectivity index (χ3n) is 2.60. The van der Waals surface area contributed by atoms with E-state index in [0.29, 0.717) is 11.3 Å². The Hall–Kier alpha value is -2.36. The van der Waals surface area contributed by atoms with Gasteiger partial charge in [0.1, 0.15) is 5.76 Å². The lowest BCUT2D eigenvalue weighted by molar-refractivity contribution is -0.135. The van der Waals surface area contributed by atoms with Crippen LogP contribution in [0.4, 0.5) is 0 Å². The van der Waals surface area contributed by atoms with Gasteiger partial charge < -0.3 is 9.47 Å². The minimum Gasteiger partial charge on any atom is -0.466 e. The second kappa shape index (κ2) is 4.87. The lowest BCUT2D eigenvalue weighted by Crippen LogP contribution is -2.03. The molecule has 0 spiro atoms. The number of Topliss-reactive ketones (excluding diaryl/α,β-unsaturated/α-hetero) is 1. The predicted octanol–water partition coefficient (Wildman–Crippen LogP) is 2.07. The Labute approximate surface area is 105 Å². The lowest BCUT2D eigenvalue weighted by Gasteiger charge is -2.03. The molecule has 0 unspecified atom stereocenters. The van der Waals surface area contributed by atoms with Crippen molar-refractivity contribution in [3.8, 4) is 0 Å². The summed E-state index contributed by atoms with van der Waals surface area (Å²) in [6, 6.07) is 9.26. The first-order valence-corrected chi connectivity index (χ1v) is 5.42. The van der Waals surface area contributed by atoms with Crippen molar-refractivity contribution in [1.29, 1.82) is 0 Å². The lowest BCUT2D eigenvalue weighted by atomic mass is 10.1. The molecule has 0 bridgehead atoms. The molecule has 4 heteroatoms. The molecule has 0 fully saturated rings. The van der Waals surface area contributed by atoms with Gasteiger partial charge in [0.05, 0.1) is 13.2 Å². The fourth-order valence-electron chi connectivity index (χ4n) is 1.65. The zero-order valence-corrected chi connectivity index (χ0v) is 10.1. The molecule has 1 heterocycles. The average Bonchev–Trinajstić information content (AvgIpc) is 2.68. The fourth-order valence-corrected chi connectivity index (χ4v) is 1.65. The molecular formula is C14H12O4. The summed E-state index contributed by atoms with van der Waals surface area (Å²) >= 11 is 0. The molecule has 0 N–H and O–H groups in total. The molecule has 2 rings (SSSR count). The molecule has 1 aliphatic rings. The fraction of sp³-hybridized carbons (Fsp3) is 0.143. The maximum atomic E-state index is 11.9. The van der Waals surface area contributed by atoms with Crippen molar-refractivity contribution in [2.75, 3.05) is 7.11 Å². The largest absolute Gasteiger partial charge is 0.466 e. The number of hydrogen-bond acceptors (Lipinski definition) is 4. The van der Waals surface area contributed by atoms with Crippen molar-refractivity contribution in [2.24, 2.45) is 0 Å². The van der Waals surface area contributed by atoms with Crippen LogP contribution >= 0.6 is 0 Å². The maximum absolute atomic E-state index is 11.9. The summed E-state index contributed by atoms with van der Waals surface area (Å²) in [5.41, 5.74) is 1.29. The van der Waals surface area contributed by atoms with Gasteiger partial charge in [0.15, 0.2) is 5.76 Å². The molecule has 0 radical (unpaired) electrons. The number of ether oxygens (including phenoxy) is 2. The molecule has 92 valence electrons. The van der Waals surface area contributed by atoms with Crippen molar-refractivity contribution in [3.63, 3.8) is 0 Å². The number of esters is 1. The highest BCUT2D eigenvalue weighted by molar-refractivity contribution is 6.16. The number of hydrogen-bond donors (Lipinski definition) is 0. The van der Waals surface area contributed by atoms with E-state index in [0.717, 1.165) is 11.6 Å². The molecule has 1 aromatic rings. The Bertz CT molecular complexity index is 552. The number of carbonyl (C=O) groups is 2. The average molecular weight is 244 g/mol. The van der Waals surface area contributed by atoms with Crippen molar-refractivity contribution in [2.45, 2.75) is 6.92 Å². The van der Waals surface area contributed by atoms with E-state index < -0.39 is 5.97 Å². The van der Waals surface area contributed by atoms with Crippen molar-refractivity contribution in [1.82, 2.24) is 0 Å². The highest BCUT2D eigenvalue weighted by Gasteiger charge is 2.28. The Balaban J connectivity index is 2.33. The Morgan fingerprint density at radius 2 is 1.94 bits per heavy atom. The van der Waals surface area contributed by atoms with Crippen LogP contribution in [0.15, 0.2) is 47.7 Å². The number of carbonyl (C=O) groups excluding carboxylic acids is 2. The SMILES string of the molecule is COC(=O)/C=C1/OC(c2ccccc2)=C(C)C1=O. The van der Waals surface area contributed by atoms with Gasteiger partial charge in [-0.1, -0.05) is 30.3 Å². The van der Waals surface area contributed by atoms with Crippen molar-refractivity contribution >= 4 is 17.5 Å². The van der Waals surface area contributed by atoms with Crippen LogP contribution in [0.25, 0.3) is 5.76 Å². The third-order valence-corrected chi connectivity index (χ3v) is 2.60. The summed E-state index contributed by atoms with van der Waals surface area (Å²) in [6.45, 7) is 1.67. The van der Waals surface area contributed by atoms with Gasteiger partial charge in [0.25, 0.3) is 0 Å². The van der Waals surface area contributed by atoms with Gasteiger partial charge >= 0.3 is 5.97 Å². The Kier molecular flexibility index (Phi) is 3.28. The first-order valence-electron chi connectivity index (χ1n) is 5.42. The number of rotatable bonds is 2. The molecule has 0 aromatic heterocycles. The van der Waals surface area contributed by atoms with Gasteiger partial charge in [-0.3, -0.25) is 4.79 Å². The molecule has 0 amide bonds. The second-order valence-electron chi connectivity index (χ2n) is 3.78. The molecular weight excluding hydrogens is 232 g/mol. The van der Waals surface area contributed by atoms with Crippen LogP contribution in [-0.2, 0) is 19.1 Å². The highest BCUT2D eigenvalue weighted by Crippen LogP contribution is 2.31. The molecule has 4 nitrogen and oxygen atoms in total. The first-order chi connectivity index (χ1) is 8.63. The van der Waals surface area contributed by atoms with Gasteiger partial charge in [-0.05, 0) is 6.92 Å². The van der Waals surface area contributed by atoms with E-state index in [1.165, 1.54) is 7.11 Å². The van der Waals surface area contributed by atoms with E-state index in [4.69, 9.17) is 4.74 Å².